The summed E-state index contributed by atoms with van der Waals surface area (Å²) >= 11 is 0. The van der Waals surface area contributed by atoms with Gasteiger partial charge >= 0.3 is 5.97 Å². The minimum atomic E-state index is -3.12. The number of carbonyl (C=O) groups is 2. The fourth-order valence-corrected chi connectivity index (χ4v) is 5.23. The maximum absolute atomic E-state index is 12.8. The molecular weight excluding hydrogens is 434 g/mol. The maximum Gasteiger partial charge on any atom is 0.338 e. The van der Waals surface area contributed by atoms with Crippen LogP contribution in [0.2, 0.25) is 0 Å². The fraction of sp³-hybridized carbons (Fsp3) is 0.652. The molecule has 9 heteroatoms. The van der Waals surface area contributed by atoms with E-state index in [0.717, 1.165) is 25.7 Å². The molecule has 1 aromatic rings. The van der Waals surface area contributed by atoms with Gasteiger partial charge in [-0.15, -0.1) is 0 Å². The van der Waals surface area contributed by atoms with E-state index in [1.165, 1.54) is 0 Å². The van der Waals surface area contributed by atoms with Gasteiger partial charge in [0, 0.05) is 12.6 Å². The van der Waals surface area contributed by atoms with Crippen LogP contribution in [-0.4, -0.2) is 69.1 Å². The van der Waals surface area contributed by atoms with Crippen molar-refractivity contribution < 1.29 is 32.2 Å². The number of benzene rings is 1. The lowest BCUT2D eigenvalue weighted by Gasteiger charge is -2.28. The van der Waals surface area contributed by atoms with Crippen LogP contribution in [0.3, 0.4) is 0 Å². The SMILES string of the molecule is CCCCOc1ccc(C(=O)OCC(=O)N(CCCC)C2CCS(=O)(=O)C2)cc1OCC. The van der Waals surface area contributed by atoms with Crippen molar-refractivity contribution >= 4 is 21.7 Å². The number of unbranched alkanes of at least 4 members (excludes halogenated alkanes) is 2. The number of hydrogen-bond acceptors (Lipinski definition) is 7. The van der Waals surface area contributed by atoms with Crippen LogP contribution in [0.4, 0.5) is 0 Å². The van der Waals surface area contributed by atoms with Crippen molar-refractivity contribution in [2.45, 2.75) is 58.9 Å². The highest BCUT2D eigenvalue weighted by atomic mass is 32.2. The molecule has 0 aliphatic carbocycles. The van der Waals surface area contributed by atoms with Gasteiger partial charge in [0.15, 0.2) is 27.9 Å². The second-order valence-corrected chi connectivity index (χ2v) is 10.1. The van der Waals surface area contributed by atoms with E-state index in [4.69, 9.17) is 14.2 Å². The first-order chi connectivity index (χ1) is 15.3. The van der Waals surface area contributed by atoms with Gasteiger partial charge in [-0.2, -0.15) is 0 Å². The highest BCUT2D eigenvalue weighted by molar-refractivity contribution is 7.91. The van der Waals surface area contributed by atoms with Crippen LogP contribution in [-0.2, 0) is 19.4 Å². The fourth-order valence-electron chi connectivity index (χ4n) is 3.50. The molecule has 180 valence electrons. The van der Waals surface area contributed by atoms with Crippen LogP contribution in [0.25, 0.3) is 0 Å². The number of hydrogen-bond donors (Lipinski definition) is 0. The molecule has 1 saturated heterocycles. The molecule has 1 aliphatic heterocycles. The lowest BCUT2D eigenvalue weighted by molar-refractivity contribution is -0.136. The molecule has 1 fully saturated rings. The topological polar surface area (TPSA) is 99.2 Å². The number of ether oxygens (including phenoxy) is 3. The van der Waals surface area contributed by atoms with Crippen molar-refractivity contribution in [3.63, 3.8) is 0 Å². The van der Waals surface area contributed by atoms with E-state index in [1.54, 1.807) is 23.1 Å². The van der Waals surface area contributed by atoms with Gasteiger partial charge < -0.3 is 19.1 Å². The van der Waals surface area contributed by atoms with Gasteiger partial charge in [-0.3, -0.25) is 4.79 Å². The Balaban J connectivity index is 2.02. The molecule has 32 heavy (non-hydrogen) atoms. The Morgan fingerprint density at radius 3 is 2.44 bits per heavy atom. The van der Waals surface area contributed by atoms with Gasteiger partial charge in [-0.25, -0.2) is 13.2 Å². The van der Waals surface area contributed by atoms with E-state index in [1.807, 2.05) is 13.8 Å². The van der Waals surface area contributed by atoms with Gasteiger partial charge in [0.25, 0.3) is 5.91 Å². The molecule has 0 N–H and O–H groups in total. The van der Waals surface area contributed by atoms with Crippen LogP contribution in [0.1, 0.15) is 63.2 Å². The zero-order valence-electron chi connectivity index (χ0n) is 19.3. The third kappa shape index (κ3) is 7.69. The second-order valence-electron chi connectivity index (χ2n) is 7.87. The molecule has 1 unspecified atom stereocenters. The molecule has 0 spiro atoms. The predicted molar refractivity (Wildman–Crippen MR) is 122 cm³/mol. The summed E-state index contributed by atoms with van der Waals surface area (Å²) in [4.78, 5) is 26.9. The lowest BCUT2D eigenvalue weighted by atomic mass is 10.2. The molecule has 2 rings (SSSR count). The molecule has 8 nitrogen and oxygen atoms in total. The maximum atomic E-state index is 12.8. The molecule has 0 bridgehead atoms. The van der Waals surface area contributed by atoms with Crippen LogP contribution >= 0.6 is 0 Å². The Kier molecular flexibility index (Phi) is 10.3. The zero-order chi connectivity index (χ0) is 23.6. The standard InChI is InChI=1S/C23H35NO7S/c1-4-7-12-24(19-11-14-32(27,28)17-19)22(25)16-31-23(26)18-9-10-20(30-13-8-5-2)21(15-18)29-6-3/h9-10,15,19H,4-8,11-14,16-17H2,1-3H3. The van der Waals surface area contributed by atoms with Gasteiger partial charge in [0.05, 0.1) is 30.3 Å². The number of carbonyl (C=O) groups excluding carboxylic acids is 2. The number of rotatable bonds is 13. The number of nitrogens with zero attached hydrogens (tertiary/aromatic N) is 1. The smallest absolute Gasteiger partial charge is 0.338 e. The summed E-state index contributed by atoms with van der Waals surface area (Å²) in [5.74, 6) is 0.0342. The summed E-state index contributed by atoms with van der Waals surface area (Å²) in [6.07, 6.45) is 3.96. The van der Waals surface area contributed by atoms with Gasteiger partial charge in [0.1, 0.15) is 0 Å². The Bertz CT molecular complexity index is 869. The minimum absolute atomic E-state index is 0.0341. The normalized spacial score (nSPS) is 17.0. The van der Waals surface area contributed by atoms with E-state index in [-0.39, 0.29) is 29.0 Å². The number of amides is 1. The van der Waals surface area contributed by atoms with E-state index in [9.17, 15) is 18.0 Å². The first kappa shape index (κ1) is 26.0. The van der Waals surface area contributed by atoms with Crippen molar-refractivity contribution in [1.82, 2.24) is 4.90 Å². The summed E-state index contributed by atoms with van der Waals surface area (Å²) in [6.45, 7) is 6.90. The molecule has 0 radical (unpaired) electrons. The highest BCUT2D eigenvalue weighted by Crippen LogP contribution is 2.29. The second kappa shape index (κ2) is 12.7. The Morgan fingerprint density at radius 2 is 1.81 bits per heavy atom. The Hall–Kier alpha value is -2.29. The average molecular weight is 470 g/mol. The van der Waals surface area contributed by atoms with E-state index < -0.39 is 22.4 Å². The summed E-state index contributed by atoms with van der Waals surface area (Å²) in [6, 6.07) is 4.43. The largest absolute Gasteiger partial charge is 0.490 e. The van der Waals surface area contributed by atoms with E-state index in [2.05, 4.69) is 6.92 Å². The van der Waals surface area contributed by atoms with Gasteiger partial charge in [-0.05, 0) is 44.4 Å². The Morgan fingerprint density at radius 1 is 1.06 bits per heavy atom. The quantitative estimate of drug-likeness (QED) is 0.323. The molecule has 0 aromatic heterocycles. The summed E-state index contributed by atoms with van der Waals surface area (Å²) in [7, 11) is -3.12. The predicted octanol–water partition coefficient (Wildman–Crippen LogP) is 3.24. The number of esters is 1. The molecular formula is C23H35NO7S. The molecule has 0 saturated carbocycles. The summed E-state index contributed by atoms with van der Waals surface area (Å²) in [5, 5.41) is 0. The van der Waals surface area contributed by atoms with Crippen molar-refractivity contribution in [2.75, 3.05) is 37.9 Å². The van der Waals surface area contributed by atoms with Crippen LogP contribution in [0.5, 0.6) is 11.5 Å². The molecule has 1 atom stereocenters. The van der Waals surface area contributed by atoms with Gasteiger partial charge in [-0.1, -0.05) is 26.7 Å². The average Bonchev–Trinajstić information content (AvgIpc) is 3.12. The Labute approximate surface area is 191 Å². The van der Waals surface area contributed by atoms with Crippen LogP contribution in [0, 0.1) is 0 Å². The zero-order valence-corrected chi connectivity index (χ0v) is 20.1. The summed E-state index contributed by atoms with van der Waals surface area (Å²) < 4.78 is 40.3. The molecule has 1 aromatic carbocycles. The van der Waals surface area contributed by atoms with Crippen LogP contribution in [0.15, 0.2) is 18.2 Å². The van der Waals surface area contributed by atoms with E-state index in [0.29, 0.717) is 37.7 Å². The molecule has 1 amide bonds. The first-order valence-corrected chi connectivity index (χ1v) is 13.2. The van der Waals surface area contributed by atoms with Crippen LogP contribution < -0.4 is 9.47 Å². The van der Waals surface area contributed by atoms with Crippen molar-refractivity contribution in [3.8, 4) is 11.5 Å². The van der Waals surface area contributed by atoms with Gasteiger partial charge in [0.2, 0.25) is 0 Å². The third-order valence-corrected chi connectivity index (χ3v) is 7.03. The van der Waals surface area contributed by atoms with Crippen molar-refractivity contribution in [1.29, 1.82) is 0 Å². The lowest BCUT2D eigenvalue weighted by Crippen LogP contribution is -2.43. The minimum Gasteiger partial charge on any atom is -0.490 e. The number of sulfone groups is 1. The van der Waals surface area contributed by atoms with Crippen molar-refractivity contribution in [2.24, 2.45) is 0 Å². The monoisotopic (exact) mass is 469 g/mol. The van der Waals surface area contributed by atoms with E-state index >= 15 is 0 Å². The molecule has 1 heterocycles. The molecule has 1 aliphatic rings. The highest BCUT2D eigenvalue weighted by Gasteiger charge is 2.34. The third-order valence-electron chi connectivity index (χ3n) is 5.28. The first-order valence-electron chi connectivity index (χ1n) is 11.4. The summed E-state index contributed by atoms with van der Waals surface area (Å²) in [5.41, 5.74) is 0.257. The van der Waals surface area contributed by atoms with Crippen molar-refractivity contribution in [3.05, 3.63) is 23.8 Å².